The molecular weight excluding hydrogens is 646 g/mol. The number of hydrogen-bond acceptors (Lipinski definition) is 8. The van der Waals surface area contributed by atoms with Crippen LogP contribution in [0.1, 0.15) is 105 Å². The third-order valence-electron chi connectivity index (χ3n) is 11.7. The zero-order valence-corrected chi connectivity index (χ0v) is 32.1. The molecule has 0 spiro atoms. The quantitative estimate of drug-likeness (QED) is 0.0758. The molecule has 0 aromatic rings. The van der Waals surface area contributed by atoms with Gasteiger partial charge in [0.25, 0.3) is 0 Å². The lowest BCUT2D eigenvalue weighted by atomic mass is 9.98. The van der Waals surface area contributed by atoms with Crippen molar-refractivity contribution in [3.63, 3.8) is 0 Å². The predicted molar refractivity (Wildman–Crippen MR) is 193 cm³/mol. The van der Waals surface area contributed by atoms with Crippen LogP contribution in [0.5, 0.6) is 0 Å². The Hall–Kier alpha value is -1.26. The first kappa shape index (κ1) is 39.5. The molecule has 10 heteroatoms. The summed E-state index contributed by atoms with van der Waals surface area (Å²) in [6, 6.07) is 0. The van der Waals surface area contributed by atoms with Gasteiger partial charge >= 0.3 is 23.9 Å². The van der Waals surface area contributed by atoms with E-state index in [0.717, 1.165) is 114 Å². The molecule has 4 aliphatic rings. The fraction of sp³-hybridized carbons (Fsp3) is 0.895. The van der Waals surface area contributed by atoms with Gasteiger partial charge < -0.3 is 18.9 Å². The lowest BCUT2D eigenvalue weighted by molar-refractivity contribution is -0.150. The van der Waals surface area contributed by atoms with Crippen molar-refractivity contribution in [1.29, 1.82) is 0 Å². The van der Waals surface area contributed by atoms with Crippen LogP contribution in [0.3, 0.4) is 0 Å². The van der Waals surface area contributed by atoms with Crippen LogP contribution in [0.25, 0.3) is 0 Å². The molecule has 274 valence electrons. The first-order chi connectivity index (χ1) is 23.3. The van der Waals surface area contributed by atoms with Crippen LogP contribution in [0.4, 0.5) is 0 Å². The van der Waals surface area contributed by atoms with Gasteiger partial charge in [0.1, 0.15) is 0 Å². The molecular formula is C38H64O8P2. The molecule has 0 aromatic carbocycles. The molecule has 0 bridgehead atoms. The number of ether oxygens (including phenoxy) is 4. The highest BCUT2D eigenvalue weighted by Gasteiger charge is 2.41. The maximum absolute atomic E-state index is 13.0. The molecule has 0 heterocycles. The maximum Gasteiger partial charge on any atom is 0.309 e. The van der Waals surface area contributed by atoms with Crippen LogP contribution in [-0.2, 0) is 38.1 Å². The van der Waals surface area contributed by atoms with Gasteiger partial charge in [0.15, 0.2) is 0 Å². The Morgan fingerprint density at radius 3 is 0.854 bits per heavy atom. The van der Waals surface area contributed by atoms with E-state index in [1.54, 1.807) is 0 Å². The Morgan fingerprint density at radius 2 is 0.646 bits per heavy atom. The molecule has 4 rings (SSSR count). The SMILES string of the molecule is CCOC(=O)C1CCC[C@@H]1CP(CCP(C[C@H]1CCC[C@@H]1C(=O)OCC)C[C@@H]1CCC[C@@H]1C(=O)OCC)C[C@@H]1CCCC1C(=O)OCC. The fourth-order valence-corrected chi connectivity index (χ4v) is 17.1. The zero-order chi connectivity index (χ0) is 34.5. The third kappa shape index (κ3) is 11.1. The van der Waals surface area contributed by atoms with Gasteiger partial charge in [0, 0.05) is 0 Å². The minimum absolute atomic E-state index is 0.00598. The number of carbonyl (C=O) groups is 4. The second-order valence-corrected chi connectivity index (χ2v) is 19.8. The molecule has 4 aliphatic carbocycles. The van der Waals surface area contributed by atoms with Crippen LogP contribution >= 0.6 is 15.8 Å². The predicted octanol–water partition coefficient (Wildman–Crippen LogP) is 7.87. The number of esters is 4. The molecule has 10 atom stereocenters. The molecule has 4 fully saturated rings. The average molecular weight is 711 g/mol. The van der Waals surface area contributed by atoms with Crippen molar-refractivity contribution in [1.82, 2.24) is 0 Å². The molecule has 8 nitrogen and oxygen atoms in total. The van der Waals surface area contributed by atoms with Crippen LogP contribution in [-0.4, -0.2) is 87.3 Å². The molecule has 0 saturated heterocycles. The molecule has 4 unspecified atom stereocenters. The first-order valence-corrected chi connectivity index (χ1v) is 23.2. The van der Waals surface area contributed by atoms with Crippen LogP contribution < -0.4 is 0 Å². The smallest absolute Gasteiger partial charge is 0.309 e. The zero-order valence-electron chi connectivity index (χ0n) is 30.3. The lowest BCUT2D eigenvalue weighted by Gasteiger charge is -2.32. The first-order valence-electron chi connectivity index (χ1n) is 19.4. The van der Waals surface area contributed by atoms with Crippen molar-refractivity contribution in [3.8, 4) is 0 Å². The van der Waals surface area contributed by atoms with Crippen molar-refractivity contribution in [3.05, 3.63) is 0 Å². The van der Waals surface area contributed by atoms with E-state index in [9.17, 15) is 19.2 Å². The van der Waals surface area contributed by atoms with Gasteiger partial charge in [-0.05, 0) is 140 Å². The molecule has 4 saturated carbocycles. The van der Waals surface area contributed by atoms with E-state index in [2.05, 4.69) is 0 Å². The summed E-state index contributed by atoms with van der Waals surface area (Å²) in [5, 5.41) is 0. The van der Waals surface area contributed by atoms with Crippen LogP contribution in [0.15, 0.2) is 0 Å². The summed E-state index contributed by atoms with van der Waals surface area (Å²) in [7, 11) is -0.827. The van der Waals surface area contributed by atoms with Gasteiger partial charge in [-0.15, -0.1) is 15.8 Å². The average Bonchev–Trinajstić information content (AvgIpc) is 3.88. The van der Waals surface area contributed by atoms with E-state index in [1.807, 2.05) is 27.7 Å². The molecule has 0 amide bonds. The summed E-state index contributed by atoms with van der Waals surface area (Å²) < 4.78 is 22.1. The molecule has 0 radical (unpaired) electrons. The Morgan fingerprint density at radius 1 is 0.417 bits per heavy atom. The largest absolute Gasteiger partial charge is 0.466 e. The summed E-state index contributed by atoms with van der Waals surface area (Å²) >= 11 is 0. The second-order valence-electron chi connectivity index (χ2n) is 14.7. The van der Waals surface area contributed by atoms with Crippen molar-refractivity contribution >= 4 is 39.7 Å². The topological polar surface area (TPSA) is 105 Å². The summed E-state index contributed by atoms with van der Waals surface area (Å²) in [6.07, 6.45) is 18.8. The van der Waals surface area contributed by atoms with Crippen molar-refractivity contribution in [2.24, 2.45) is 47.3 Å². The normalized spacial score (nSPS) is 31.3. The minimum atomic E-state index is -0.413. The van der Waals surface area contributed by atoms with Crippen molar-refractivity contribution in [2.45, 2.75) is 105 Å². The van der Waals surface area contributed by atoms with E-state index in [4.69, 9.17) is 18.9 Å². The van der Waals surface area contributed by atoms with E-state index in [-0.39, 0.29) is 47.5 Å². The standard InChI is InChI=1S/C38H64O8P2/c1-5-43-35(39)31-17-9-13-27(31)23-47(24-28-14-10-18-32(28)36(40)44-6-2)21-22-48(25-29-15-11-19-33(29)37(41)45-7-3)26-30-16-12-20-34(30)38(42)46-8-4/h27-34H,5-26H2,1-4H3/t27-,28+,29-,30+,31-,32-,33?,34?,47?,48?/m0/s1. The summed E-state index contributed by atoms with van der Waals surface area (Å²) in [5.74, 6) is 1.29. The summed E-state index contributed by atoms with van der Waals surface area (Å²) in [6.45, 7) is 9.25. The number of carbonyl (C=O) groups excluding carboxylic acids is 4. The summed E-state index contributed by atoms with van der Waals surface area (Å²) in [5.41, 5.74) is 0. The Kier molecular flexibility index (Phi) is 16.9. The van der Waals surface area contributed by atoms with Crippen molar-refractivity contribution in [2.75, 3.05) is 63.4 Å². The fourth-order valence-electron chi connectivity index (χ4n) is 9.38. The Bertz CT molecular complexity index is 882. The second kappa shape index (κ2) is 20.6. The van der Waals surface area contributed by atoms with E-state index in [1.165, 1.54) is 0 Å². The van der Waals surface area contributed by atoms with Crippen LogP contribution in [0, 0.1) is 47.3 Å². The molecule has 48 heavy (non-hydrogen) atoms. The van der Waals surface area contributed by atoms with Crippen LogP contribution in [0.2, 0.25) is 0 Å². The molecule has 0 aliphatic heterocycles. The summed E-state index contributed by atoms with van der Waals surface area (Å²) in [4.78, 5) is 51.9. The lowest BCUT2D eigenvalue weighted by Crippen LogP contribution is -2.28. The Labute approximate surface area is 292 Å². The minimum Gasteiger partial charge on any atom is -0.466 e. The van der Waals surface area contributed by atoms with Gasteiger partial charge in [-0.1, -0.05) is 25.7 Å². The van der Waals surface area contributed by atoms with E-state index < -0.39 is 15.8 Å². The van der Waals surface area contributed by atoms with Gasteiger partial charge in [-0.3, -0.25) is 19.2 Å². The van der Waals surface area contributed by atoms with Gasteiger partial charge in [0.2, 0.25) is 0 Å². The van der Waals surface area contributed by atoms with Gasteiger partial charge in [-0.2, -0.15) is 0 Å². The molecule has 0 N–H and O–H groups in total. The Balaban J connectivity index is 1.52. The van der Waals surface area contributed by atoms with Gasteiger partial charge in [0.05, 0.1) is 50.1 Å². The number of rotatable bonds is 19. The highest BCUT2D eigenvalue weighted by molar-refractivity contribution is 7.61. The molecule has 0 aromatic heterocycles. The maximum atomic E-state index is 13.0. The monoisotopic (exact) mass is 710 g/mol. The van der Waals surface area contributed by atoms with Crippen molar-refractivity contribution < 1.29 is 38.1 Å². The van der Waals surface area contributed by atoms with Gasteiger partial charge in [-0.25, -0.2) is 0 Å². The highest BCUT2D eigenvalue weighted by Crippen LogP contribution is 2.54. The van der Waals surface area contributed by atoms with E-state index >= 15 is 0 Å². The number of hydrogen-bond donors (Lipinski definition) is 0. The third-order valence-corrected chi connectivity index (χ3v) is 17.7. The van der Waals surface area contributed by atoms with E-state index in [0.29, 0.717) is 50.1 Å². The highest BCUT2D eigenvalue weighted by atomic mass is 31.1.